The number of halogens is 2. The van der Waals surface area contributed by atoms with Crippen LogP contribution in [-0.4, -0.2) is 24.4 Å². The molecule has 0 aliphatic rings. The number of hydrogen-bond acceptors (Lipinski definition) is 5. The van der Waals surface area contributed by atoms with Crippen molar-refractivity contribution < 1.29 is 18.8 Å². The number of anilines is 1. The van der Waals surface area contributed by atoms with Crippen LogP contribution in [0, 0.1) is 15.9 Å². The summed E-state index contributed by atoms with van der Waals surface area (Å²) in [6.07, 6.45) is 0. The Morgan fingerprint density at radius 3 is 2.65 bits per heavy atom. The van der Waals surface area contributed by atoms with Gasteiger partial charge in [0.05, 0.1) is 18.6 Å². The van der Waals surface area contributed by atoms with Crippen molar-refractivity contribution in [1.29, 1.82) is 0 Å². The molecule has 0 saturated carbocycles. The van der Waals surface area contributed by atoms with Crippen LogP contribution in [0.2, 0.25) is 0 Å². The van der Waals surface area contributed by atoms with Crippen LogP contribution in [0.15, 0.2) is 40.9 Å². The molecule has 0 aliphatic carbocycles. The molecule has 0 radical (unpaired) electrons. The molecular formula is C15H12BrFN2O4. The van der Waals surface area contributed by atoms with Crippen LogP contribution in [0.25, 0.3) is 0 Å². The summed E-state index contributed by atoms with van der Waals surface area (Å²) in [4.78, 5) is 22.2. The van der Waals surface area contributed by atoms with Crippen LogP contribution >= 0.6 is 15.9 Å². The predicted molar refractivity (Wildman–Crippen MR) is 86.6 cm³/mol. The molecule has 8 heteroatoms. The minimum atomic E-state index is -0.616. The zero-order valence-electron chi connectivity index (χ0n) is 12.0. The highest BCUT2D eigenvalue weighted by Gasteiger charge is 2.12. The van der Waals surface area contributed by atoms with E-state index < -0.39 is 10.7 Å². The lowest BCUT2D eigenvalue weighted by Crippen LogP contribution is -2.14. The summed E-state index contributed by atoms with van der Waals surface area (Å²) in [5.41, 5.74) is 0.665. The highest BCUT2D eigenvalue weighted by atomic mass is 79.9. The number of hydrogen-bond donors (Lipinski definition) is 1. The molecule has 2 aromatic rings. The molecule has 1 N–H and O–H groups in total. The SMILES string of the molecule is COc1ccc(C(=O)CNc2ccc([N+](=O)[O-])cc2Br)cc1F. The summed E-state index contributed by atoms with van der Waals surface area (Å²) >= 11 is 3.20. The monoisotopic (exact) mass is 382 g/mol. The zero-order chi connectivity index (χ0) is 17.0. The average Bonchev–Trinajstić information content (AvgIpc) is 2.53. The Hall–Kier alpha value is -2.48. The van der Waals surface area contributed by atoms with E-state index in [1.54, 1.807) is 0 Å². The number of ketones is 1. The summed E-state index contributed by atoms with van der Waals surface area (Å²) in [7, 11) is 1.34. The first-order valence-corrected chi connectivity index (χ1v) is 7.26. The van der Waals surface area contributed by atoms with Gasteiger partial charge in [0.15, 0.2) is 17.3 Å². The molecule has 0 saturated heterocycles. The summed E-state index contributed by atoms with van der Waals surface area (Å²) in [5.74, 6) is -0.876. The molecule has 23 heavy (non-hydrogen) atoms. The Morgan fingerprint density at radius 1 is 1.35 bits per heavy atom. The van der Waals surface area contributed by atoms with Crippen molar-refractivity contribution in [2.24, 2.45) is 0 Å². The van der Waals surface area contributed by atoms with Crippen LogP contribution < -0.4 is 10.1 Å². The van der Waals surface area contributed by atoms with Gasteiger partial charge in [-0.25, -0.2) is 4.39 Å². The van der Waals surface area contributed by atoms with Gasteiger partial charge in [0, 0.05) is 27.9 Å². The lowest BCUT2D eigenvalue weighted by Gasteiger charge is -2.09. The number of nitrogens with one attached hydrogen (secondary N) is 1. The van der Waals surface area contributed by atoms with Crippen molar-refractivity contribution in [3.8, 4) is 5.75 Å². The number of rotatable bonds is 6. The number of ether oxygens (including phenoxy) is 1. The Morgan fingerprint density at radius 2 is 2.09 bits per heavy atom. The molecule has 0 fully saturated rings. The third-order valence-electron chi connectivity index (χ3n) is 3.08. The number of nitro groups is 1. The molecule has 0 atom stereocenters. The number of non-ortho nitro benzene ring substituents is 1. The molecule has 0 bridgehead atoms. The number of nitro benzene ring substituents is 1. The highest BCUT2D eigenvalue weighted by molar-refractivity contribution is 9.10. The van der Waals surface area contributed by atoms with E-state index in [2.05, 4.69) is 21.2 Å². The highest BCUT2D eigenvalue weighted by Crippen LogP contribution is 2.27. The first-order chi connectivity index (χ1) is 10.9. The maximum Gasteiger partial charge on any atom is 0.270 e. The minimum Gasteiger partial charge on any atom is -0.494 e. The molecule has 0 heterocycles. The number of benzene rings is 2. The van der Waals surface area contributed by atoms with Crippen LogP contribution in [0.1, 0.15) is 10.4 Å². The topological polar surface area (TPSA) is 81.5 Å². The molecule has 2 aromatic carbocycles. The van der Waals surface area contributed by atoms with E-state index in [4.69, 9.17) is 4.74 Å². The van der Waals surface area contributed by atoms with Crippen molar-refractivity contribution in [2.45, 2.75) is 0 Å². The lowest BCUT2D eigenvalue weighted by molar-refractivity contribution is -0.384. The molecule has 0 unspecified atom stereocenters. The second kappa shape index (κ2) is 7.19. The number of nitrogens with zero attached hydrogens (tertiary/aromatic N) is 1. The zero-order valence-corrected chi connectivity index (χ0v) is 13.6. The quantitative estimate of drug-likeness (QED) is 0.466. The summed E-state index contributed by atoms with van der Waals surface area (Å²) in [6.45, 7) is -0.0812. The van der Waals surface area contributed by atoms with Crippen molar-refractivity contribution in [1.82, 2.24) is 0 Å². The summed E-state index contributed by atoms with van der Waals surface area (Å²) < 4.78 is 18.8. The van der Waals surface area contributed by atoms with E-state index in [1.807, 2.05) is 0 Å². The average molecular weight is 383 g/mol. The molecule has 0 aliphatic heterocycles. The predicted octanol–water partition coefficient (Wildman–Crippen LogP) is 3.80. The van der Waals surface area contributed by atoms with E-state index in [0.29, 0.717) is 10.2 Å². The largest absolute Gasteiger partial charge is 0.494 e. The van der Waals surface area contributed by atoms with Gasteiger partial charge in [-0.1, -0.05) is 0 Å². The van der Waals surface area contributed by atoms with Gasteiger partial charge in [0.25, 0.3) is 5.69 Å². The van der Waals surface area contributed by atoms with E-state index in [0.717, 1.165) is 6.07 Å². The van der Waals surface area contributed by atoms with E-state index in [1.165, 1.54) is 37.4 Å². The van der Waals surface area contributed by atoms with Crippen LogP contribution in [0.3, 0.4) is 0 Å². The standard InChI is InChI=1S/C15H12BrFN2O4/c1-23-15-5-2-9(6-12(15)17)14(20)8-18-13-4-3-10(19(21)22)7-11(13)16/h2-7,18H,8H2,1H3. The van der Waals surface area contributed by atoms with E-state index in [-0.39, 0.29) is 29.3 Å². The van der Waals surface area contributed by atoms with Gasteiger partial charge in [0.1, 0.15) is 0 Å². The Bertz CT molecular complexity index is 767. The Balaban J connectivity index is 2.07. The van der Waals surface area contributed by atoms with Gasteiger partial charge in [-0.15, -0.1) is 0 Å². The molecule has 120 valence electrons. The minimum absolute atomic E-state index is 0.0626. The maximum absolute atomic E-state index is 13.6. The third kappa shape index (κ3) is 4.04. The van der Waals surface area contributed by atoms with E-state index >= 15 is 0 Å². The Labute approximate surface area is 139 Å². The number of carbonyl (C=O) groups is 1. The maximum atomic E-state index is 13.6. The van der Waals surface area contributed by atoms with E-state index in [9.17, 15) is 19.3 Å². The van der Waals surface area contributed by atoms with Crippen LogP contribution in [-0.2, 0) is 0 Å². The second-order valence-electron chi connectivity index (χ2n) is 4.55. The molecule has 0 amide bonds. The normalized spacial score (nSPS) is 10.2. The van der Waals surface area contributed by atoms with Crippen molar-refractivity contribution in [2.75, 3.05) is 19.0 Å². The number of Topliss-reactive ketones (excluding diaryl/α,β-unsaturated/α-hetero) is 1. The van der Waals surface area contributed by atoms with Gasteiger partial charge in [0.2, 0.25) is 0 Å². The fourth-order valence-corrected chi connectivity index (χ4v) is 2.39. The molecule has 6 nitrogen and oxygen atoms in total. The molecule has 0 spiro atoms. The lowest BCUT2D eigenvalue weighted by atomic mass is 10.1. The second-order valence-corrected chi connectivity index (χ2v) is 5.40. The van der Waals surface area contributed by atoms with Crippen LogP contribution in [0.4, 0.5) is 15.8 Å². The summed E-state index contributed by atoms with van der Waals surface area (Å²) in [6, 6.07) is 8.10. The van der Waals surface area contributed by atoms with Crippen LogP contribution in [0.5, 0.6) is 5.75 Å². The fraction of sp³-hybridized carbons (Fsp3) is 0.133. The first-order valence-electron chi connectivity index (χ1n) is 6.47. The summed E-state index contributed by atoms with van der Waals surface area (Å²) in [5, 5.41) is 13.5. The number of methoxy groups -OCH3 is 1. The number of carbonyl (C=O) groups excluding carboxylic acids is 1. The van der Waals surface area contributed by atoms with Gasteiger partial charge in [-0.2, -0.15) is 0 Å². The molecule has 2 rings (SSSR count). The van der Waals surface area contributed by atoms with Gasteiger partial charge < -0.3 is 10.1 Å². The van der Waals surface area contributed by atoms with Gasteiger partial charge in [-0.3, -0.25) is 14.9 Å². The van der Waals surface area contributed by atoms with Crippen molar-refractivity contribution in [3.63, 3.8) is 0 Å². The molecular weight excluding hydrogens is 371 g/mol. The van der Waals surface area contributed by atoms with Gasteiger partial charge >= 0.3 is 0 Å². The Kier molecular flexibility index (Phi) is 5.28. The fourth-order valence-electron chi connectivity index (χ4n) is 1.88. The van der Waals surface area contributed by atoms with Crippen molar-refractivity contribution in [3.05, 3.63) is 62.4 Å². The molecule has 0 aromatic heterocycles. The van der Waals surface area contributed by atoms with Crippen molar-refractivity contribution >= 4 is 33.1 Å². The van der Waals surface area contributed by atoms with Gasteiger partial charge in [-0.05, 0) is 40.2 Å². The first kappa shape index (κ1) is 16.9. The smallest absolute Gasteiger partial charge is 0.270 e. The third-order valence-corrected chi connectivity index (χ3v) is 3.73.